The van der Waals surface area contributed by atoms with Gasteiger partial charge in [-0.15, -0.1) is 0 Å². The Hall–Kier alpha value is -1.64. The van der Waals surface area contributed by atoms with Gasteiger partial charge < -0.3 is 0 Å². The van der Waals surface area contributed by atoms with Crippen LogP contribution in [0.15, 0.2) is 18.2 Å². The van der Waals surface area contributed by atoms with Crippen LogP contribution in [0.5, 0.6) is 0 Å². The Bertz CT molecular complexity index is 503. The van der Waals surface area contributed by atoms with Gasteiger partial charge in [0.15, 0.2) is 0 Å². The zero-order valence-corrected chi connectivity index (χ0v) is 10.7. The van der Waals surface area contributed by atoms with Gasteiger partial charge in [-0.1, -0.05) is 19.1 Å². The standard InChI is InChI=1S/C14H17NO2/c1-5-14(3,4)15-12(16)10-8-6-7-9(2)11(10)13(15)17/h6-8H,5H2,1-4H3. The molecular formula is C14H17NO2. The van der Waals surface area contributed by atoms with Gasteiger partial charge >= 0.3 is 0 Å². The van der Waals surface area contributed by atoms with E-state index >= 15 is 0 Å². The van der Waals surface area contributed by atoms with Crippen molar-refractivity contribution in [1.82, 2.24) is 4.90 Å². The Morgan fingerprint density at radius 2 is 1.82 bits per heavy atom. The number of rotatable bonds is 2. The smallest absolute Gasteiger partial charge is 0.262 e. The molecule has 1 aliphatic heterocycles. The molecule has 0 atom stereocenters. The quantitative estimate of drug-likeness (QED) is 0.734. The number of hydrogen-bond donors (Lipinski definition) is 0. The van der Waals surface area contributed by atoms with Crippen LogP contribution >= 0.6 is 0 Å². The monoisotopic (exact) mass is 231 g/mol. The van der Waals surface area contributed by atoms with Crippen LogP contribution in [-0.4, -0.2) is 22.3 Å². The lowest BCUT2D eigenvalue weighted by Crippen LogP contribution is -2.47. The Morgan fingerprint density at radius 3 is 2.35 bits per heavy atom. The second-order valence-corrected chi connectivity index (χ2v) is 5.11. The van der Waals surface area contributed by atoms with Crippen molar-refractivity contribution in [2.24, 2.45) is 0 Å². The number of imide groups is 1. The summed E-state index contributed by atoms with van der Waals surface area (Å²) in [6.45, 7) is 7.69. The fraction of sp³-hybridized carbons (Fsp3) is 0.429. The first kappa shape index (κ1) is 11.8. The minimum absolute atomic E-state index is 0.157. The van der Waals surface area contributed by atoms with Crippen molar-refractivity contribution in [3.05, 3.63) is 34.9 Å². The first-order valence-corrected chi connectivity index (χ1v) is 5.88. The van der Waals surface area contributed by atoms with E-state index in [0.717, 1.165) is 12.0 Å². The molecule has 0 N–H and O–H groups in total. The van der Waals surface area contributed by atoms with Crippen molar-refractivity contribution in [1.29, 1.82) is 0 Å². The van der Waals surface area contributed by atoms with Crippen molar-refractivity contribution in [3.8, 4) is 0 Å². The molecule has 3 heteroatoms. The second-order valence-electron chi connectivity index (χ2n) is 5.11. The first-order valence-electron chi connectivity index (χ1n) is 5.88. The largest absolute Gasteiger partial charge is 0.269 e. The zero-order valence-electron chi connectivity index (χ0n) is 10.7. The Balaban J connectivity index is 2.57. The third-order valence-corrected chi connectivity index (χ3v) is 3.59. The van der Waals surface area contributed by atoms with E-state index in [1.165, 1.54) is 4.90 Å². The highest BCUT2D eigenvalue weighted by molar-refractivity contribution is 6.22. The molecule has 1 aromatic carbocycles. The molecule has 0 saturated carbocycles. The summed E-state index contributed by atoms with van der Waals surface area (Å²) in [5, 5.41) is 0. The highest BCUT2D eigenvalue weighted by Crippen LogP contribution is 2.32. The molecule has 2 rings (SSSR count). The van der Waals surface area contributed by atoms with Crippen LogP contribution < -0.4 is 0 Å². The van der Waals surface area contributed by atoms with Crippen molar-refractivity contribution in [2.75, 3.05) is 0 Å². The normalized spacial score (nSPS) is 15.4. The number of amides is 2. The SMILES string of the molecule is CCC(C)(C)N1C(=O)c2cccc(C)c2C1=O. The number of nitrogens with zero attached hydrogens (tertiary/aromatic N) is 1. The molecule has 90 valence electrons. The van der Waals surface area contributed by atoms with E-state index in [-0.39, 0.29) is 11.8 Å². The van der Waals surface area contributed by atoms with Crippen molar-refractivity contribution >= 4 is 11.8 Å². The average molecular weight is 231 g/mol. The lowest BCUT2D eigenvalue weighted by Gasteiger charge is -2.32. The molecule has 0 aliphatic carbocycles. The van der Waals surface area contributed by atoms with E-state index in [0.29, 0.717) is 11.1 Å². The van der Waals surface area contributed by atoms with Gasteiger partial charge in [0.05, 0.1) is 11.1 Å². The first-order chi connectivity index (χ1) is 7.90. The molecule has 17 heavy (non-hydrogen) atoms. The Kier molecular flexibility index (Phi) is 2.57. The fourth-order valence-corrected chi connectivity index (χ4v) is 2.16. The van der Waals surface area contributed by atoms with Crippen LogP contribution in [0.1, 0.15) is 53.5 Å². The predicted molar refractivity (Wildman–Crippen MR) is 66.0 cm³/mol. The van der Waals surface area contributed by atoms with Crippen LogP contribution in [-0.2, 0) is 0 Å². The summed E-state index contributed by atoms with van der Waals surface area (Å²) < 4.78 is 0. The molecular weight excluding hydrogens is 214 g/mol. The van der Waals surface area contributed by atoms with E-state index in [2.05, 4.69) is 0 Å². The average Bonchev–Trinajstić information content (AvgIpc) is 2.53. The maximum atomic E-state index is 12.3. The van der Waals surface area contributed by atoms with Crippen molar-refractivity contribution < 1.29 is 9.59 Å². The molecule has 0 saturated heterocycles. The van der Waals surface area contributed by atoms with Crippen molar-refractivity contribution in [2.45, 2.75) is 39.7 Å². The second kappa shape index (κ2) is 3.69. The highest BCUT2D eigenvalue weighted by Gasteiger charge is 2.43. The number of benzene rings is 1. The molecule has 0 bridgehead atoms. The van der Waals surface area contributed by atoms with E-state index in [1.807, 2.05) is 39.8 Å². The van der Waals surface area contributed by atoms with Gasteiger partial charge in [0.2, 0.25) is 0 Å². The van der Waals surface area contributed by atoms with Gasteiger partial charge in [0, 0.05) is 5.54 Å². The topological polar surface area (TPSA) is 37.4 Å². The van der Waals surface area contributed by atoms with Crippen LogP contribution in [0.25, 0.3) is 0 Å². The molecule has 0 radical (unpaired) electrons. The third-order valence-electron chi connectivity index (χ3n) is 3.59. The minimum Gasteiger partial charge on any atom is -0.269 e. The fourth-order valence-electron chi connectivity index (χ4n) is 2.16. The summed E-state index contributed by atoms with van der Waals surface area (Å²) >= 11 is 0. The summed E-state index contributed by atoms with van der Waals surface area (Å²) in [6, 6.07) is 5.42. The summed E-state index contributed by atoms with van der Waals surface area (Å²) in [5.74, 6) is -0.324. The van der Waals surface area contributed by atoms with E-state index in [4.69, 9.17) is 0 Å². The van der Waals surface area contributed by atoms with Gasteiger partial charge in [-0.05, 0) is 38.8 Å². The number of aryl methyl sites for hydroxylation is 1. The third kappa shape index (κ3) is 1.57. The number of fused-ring (bicyclic) bond motifs is 1. The summed E-state index contributed by atoms with van der Waals surface area (Å²) in [6.07, 6.45) is 0.748. The lowest BCUT2D eigenvalue weighted by molar-refractivity contribution is 0.0474. The van der Waals surface area contributed by atoms with E-state index in [9.17, 15) is 9.59 Å². The van der Waals surface area contributed by atoms with Crippen LogP contribution in [0.2, 0.25) is 0 Å². The Labute approximate surface area is 101 Å². The van der Waals surface area contributed by atoms with Gasteiger partial charge in [-0.25, -0.2) is 0 Å². The Morgan fingerprint density at radius 1 is 1.18 bits per heavy atom. The zero-order chi connectivity index (χ0) is 12.8. The summed E-state index contributed by atoms with van der Waals surface area (Å²) in [4.78, 5) is 26.0. The van der Waals surface area contributed by atoms with Crippen LogP contribution in [0.4, 0.5) is 0 Å². The number of carbonyl (C=O) groups is 2. The number of carbonyl (C=O) groups excluding carboxylic acids is 2. The van der Waals surface area contributed by atoms with Gasteiger partial charge in [-0.3, -0.25) is 14.5 Å². The molecule has 1 aromatic rings. The molecule has 3 nitrogen and oxygen atoms in total. The predicted octanol–water partition coefficient (Wildman–Crippen LogP) is 2.78. The molecule has 0 spiro atoms. The van der Waals surface area contributed by atoms with Crippen LogP contribution in [0.3, 0.4) is 0 Å². The lowest BCUT2D eigenvalue weighted by atomic mass is 9.99. The molecule has 1 heterocycles. The van der Waals surface area contributed by atoms with Gasteiger partial charge in [-0.2, -0.15) is 0 Å². The van der Waals surface area contributed by atoms with Gasteiger partial charge in [0.25, 0.3) is 11.8 Å². The molecule has 2 amide bonds. The molecule has 1 aliphatic rings. The minimum atomic E-state index is -0.431. The molecule has 0 fully saturated rings. The summed E-state index contributed by atoms with van der Waals surface area (Å²) in [7, 11) is 0. The number of hydrogen-bond acceptors (Lipinski definition) is 2. The summed E-state index contributed by atoms with van der Waals surface area (Å²) in [5.41, 5.74) is 1.55. The van der Waals surface area contributed by atoms with E-state index < -0.39 is 5.54 Å². The van der Waals surface area contributed by atoms with Gasteiger partial charge in [0.1, 0.15) is 0 Å². The molecule has 0 unspecified atom stereocenters. The van der Waals surface area contributed by atoms with Crippen molar-refractivity contribution in [3.63, 3.8) is 0 Å². The molecule has 0 aromatic heterocycles. The maximum Gasteiger partial charge on any atom is 0.262 e. The van der Waals surface area contributed by atoms with Crippen LogP contribution in [0, 0.1) is 6.92 Å². The highest BCUT2D eigenvalue weighted by atomic mass is 16.2. The maximum absolute atomic E-state index is 12.3. The van der Waals surface area contributed by atoms with E-state index in [1.54, 1.807) is 6.07 Å².